The van der Waals surface area contributed by atoms with Crippen LogP contribution < -0.4 is 5.32 Å². The number of halogens is 1. The molecular formula is C22H31ClN4O4. The number of hydrogen-bond acceptors (Lipinski definition) is 5. The zero-order valence-electron chi connectivity index (χ0n) is 18.2. The van der Waals surface area contributed by atoms with Crippen molar-refractivity contribution in [2.24, 2.45) is 11.8 Å². The van der Waals surface area contributed by atoms with Gasteiger partial charge in [-0.05, 0) is 50.8 Å². The van der Waals surface area contributed by atoms with Crippen LogP contribution in [0.1, 0.15) is 49.9 Å². The van der Waals surface area contributed by atoms with Gasteiger partial charge in [-0.25, -0.2) is 0 Å². The highest BCUT2D eigenvalue weighted by atomic mass is 35.5. The molecule has 8 nitrogen and oxygen atoms in total. The van der Waals surface area contributed by atoms with Crippen LogP contribution in [0.3, 0.4) is 0 Å². The Morgan fingerprint density at radius 1 is 1.16 bits per heavy atom. The van der Waals surface area contributed by atoms with E-state index in [9.17, 15) is 19.7 Å². The predicted molar refractivity (Wildman–Crippen MR) is 119 cm³/mol. The summed E-state index contributed by atoms with van der Waals surface area (Å²) >= 11 is 6.12. The van der Waals surface area contributed by atoms with Crippen molar-refractivity contribution in [3.8, 4) is 0 Å². The normalized spacial score (nSPS) is 18.9. The second-order valence-corrected chi connectivity index (χ2v) is 9.30. The van der Waals surface area contributed by atoms with Gasteiger partial charge >= 0.3 is 0 Å². The van der Waals surface area contributed by atoms with Crippen molar-refractivity contribution < 1.29 is 14.5 Å². The molecule has 3 rings (SSSR count). The van der Waals surface area contributed by atoms with Gasteiger partial charge < -0.3 is 15.1 Å². The lowest BCUT2D eigenvalue weighted by atomic mass is 9.92. The van der Waals surface area contributed by atoms with Gasteiger partial charge in [0.1, 0.15) is 0 Å². The molecule has 2 saturated heterocycles. The molecule has 1 N–H and O–H groups in total. The van der Waals surface area contributed by atoms with Gasteiger partial charge in [-0.3, -0.25) is 19.7 Å². The van der Waals surface area contributed by atoms with Gasteiger partial charge in [0.05, 0.1) is 15.5 Å². The minimum atomic E-state index is -0.525. The Hall–Kier alpha value is -2.19. The first kappa shape index (κ1) is 23.5. The van der Waals surface area contributed by atoms with Crippen LogP contribution in [0.5, 0.6) is 0 Å². The largest absolute Gasteiger partial charge is 0.356 e. The van der Waals surface area contributed by atoms with Gasteiger partial charge in [-0.15, -0.1) is 0 Å². The van der Waals surface area contributed by atoms with E-state index in [1.807, 2.05) is 0 Å². The number of benzene rings is 1. The summed E-state index contributed by atoms with van der Waals surface area (Å²) in [6.07, 6.45) is 3.50. The van der Waals surface area contributed by atoms with Crippen molar-refractivity contribution in [1.82, 2.24) is 15.1 Å². The quantitative estimate of drug-likeness (QED) is 0.529. The average Bonchev–Trinajstić information content (AvgIpc) is 2.77. The number of amides is 2. The van der Waals surface area contributed by atoms with Crippen molar-refractivity contribution in [2.75, 3.05) is 32.7 Å². The molecule has 0 saturated carbocycles. The van der Waals surface area contributed by atoms with Crippen LogP contribution >= 0.6 is 11.6 Å². The lowest BCUT2D eigenvalue weighted by Gasteiger charge is -2.41. The Morgan fingerprint density at radius 3 is 2.35 bits per heavy atom. The molecule has 0 aromatic heterocycles. The Balaban J connectivity index is 1.47. The van der Waals surface area contributed by atoms with E-state index in [-0.39, 0.29) is 28.4 Å². The van der Waals surface area contributed by atoms with Crippen LogP contribution in [0, 0.1) is 22.0 Å². The highest BCUT2D eigenvalue weighted by Gasteiger charge is 2.32. The molecule has 0 bridgehead atoms. The van der Waals surface area contributed by atoms with Crippen LogP contribution in [0.2, 0.25) is 5.02 Å². The lowest BCUT2D eigenvalue weighted by Crippen LogP contribution is -2.50. The summed E-state index contributed by atoms with van der Waals surface area (Å²) in [5.41, 5.74) is 0.181. The van der Waals surface area contributed by atoms with Gasteiger partial charge in [0.25, 0.3) is 11.6 Å². The fourth-order valence-electron chi connectivity index (χ4n) is 4.37. The Kier molecular flexibility index (Phi) is 7.89. The monoisotopic (exact) mass is 450 g/mol. The molecule has 2 amide bonds. The van der Waals surface area contributed by atoms with Crippen molar-refractivity contribution in [2.45, 2.75) is 45.6 Å². The zero-order chi connectivity index (χ0) is 22.5. The van der Waals surface area contributed by atoms with E-state index < -0.39 is 4.92 Å². The molecule has 31 heavy (non-hydrogen) atoms. The summed E-state index contributed by atoms with van der Waals surface area (Å²) in [6.45, 7) is 7.99. The average molecular weight is 451 g/mol. The van der Waals surface area contributed by atoms with Crippen molar-refractivity contribution >= 4 is 29.1 Å². The van der Waals surface area contributed by atoms with Gasteiger partial charge in [-0.2, -0.15) is 0 Å². The third-order valence-corrected chi connectivity index (χ3v) is 6.56. The van der Waals surface area contributed by atoms with E-state index in [2.05, 4.69) is 24.1 Å². The zero-order valence-corrected chi connectivity index (χ0v) is 18.9. The lowest BCUT2D eigenvalue weighted by molar-refractivity contribution is -0.384. The number of nitro benzene ring substituents is 1. The first-order valence-electron chi connectivity index (χ1n) is 11.0. The maximum atomic E-state index is 12.8. The molecule has 1 aromatic rings. The van der Waals surface area contributed by atoms with Gasteiger partial charge in [-0.1, -0.05) is 25.4 Å². The number of nitrogens with one attached hydrogen (secondary N) is 1. The standard InChI is InChI=1S/C22H31ClN4O4/c1-15(2)14-24-21(28)16-5-9-25(10-6-16)17-7-11-26(12-8-17)22(29)19-4-3-18(27(30)31)13-20(19)23/h3-4,13,15-17H,5-12,14H2,1-2H3,(H,24,28). The second-order valence-electron chi connectivity index (χ2n) is 8.89. The predicted octanol–water partition coefficient (Wildman–Crippen LogP) is 3.34. The minimum Gasteiger partial charge on any atom is -0.356 e. The Morgan fingerprint density at radius 2 is 1.81 bits per heavy atom. The molecule has 0 spiro atoms. The summed E-state index contributed by atoms with van der Waals surface area (Å²) < 4.78 is 0. The molecule has 2 fully saturated rings. The van der Waals surface area contributed by atoms with Gasteiger partial charge in [0.15, 0.2) is 0 Å². The van der Waals surface area contributed by atoms with E-state index in [0.29, 0.717) is 30.6 Å². The summed E-state index contributed by atoms with van der Waals surface area (Å²) in [5, 5.41) is 14.0. The number of carbonyl (C=O) groups excluding carboxylic acids is 2. The number of hydrogen-bond donors (Lipinski definition) is 1. The first-order valence-corrected chi connectivity index (χ1v) is 11.4. The van der Waals surface area contributed by atoms with Crippen LogP contribution in [-0.4, -0.2) is 65.3 Å². The van der Waals surface area contributed by atoms with E-state index in [1.54, 1.807) is 4.90 Å². The fourth-order valence-corrected chi connectivity index (χ4v) is 4.63. The number of nitrogens with zero attached hydrogens (tertiary/aromatic N) is 3. The topological polar surface area (TPSA) is 95.8 Å². The molecule has 0 atom stereocenters. The highest BCUT2D eigenvalue weighted by molar-refractivity contribution is 6.34. The molecular weight excluding hydrogens is 420 g/mol. The molecule has 1 aromatic carbocycles. The molecule has 170 valence electrons. The van der Waals surface area contributed by atoms with E-state index >= 15 is 0 Å². The summed E-state index contributed by atoms with van der Waals surface area (Å²) in [6, 6.07) is 4.39. The van der Waals surface area contributed by atoms with Crippen molar-refractivity contribution in [3.63, 3.8) is 0 Å². The number of non-ortho nitro benzene ring substituents is 1. The number of nitro groups is 1. The summed E-state index contributed by atoms with van der Waals surface area (Å²) in [5.74, 6) is 0.548. The Labute approximate surface area is 188 Å². The van der Waals surface area contributed by atoms with Crippen LogP contribution in [-0.2, 0) is 4.79 Å². The summed E-state index contributed by atoms with van der Waals surface area (Å²) in [4.78, 5) is 39.7. The molecule has 2 heterocycles. The van der Waals surface area contributed by atoms with Crippen LogP contribution in [0.15, 0.2) is 18.2 Å². The maximum Gasteiger partial charge on any atom is 0.270 e. The van der Waals surface area contributed by atoms with Crippen molar-refractivity contribution in [3.05, 3.63) is 38.9 Å². The van der Waals surface area contributed by atoms with E-state index in [1.165, 1.54) is 18.2 Å². The number of rotatable bonds is 6. The molecule has 0 unspecified atom stereocenters. The highest BCUT2D eigenvalue weighted by Crippen LogP contribution is 2.27. The second kappa shape index (κ2) is 10.4. The van der Waals surface area contributed by atoms with Crippen molar-refractivity contribution in [1.29, 1.82) is 0 Å². The van der Waals surface area contributed by atoms with E-state index in [0.717, 1.165) is 45.3 Å². The fraction of sp³-hybridized carbons (Fsp3) is 0.636. The SMILES string of the molecule is CC(C)CNC(=O)C1CCN(C2CCN(C(=O)c3ccc([N+](=O)[O-])cc3Cl)CC2)CC1. The summed E-state index contributed by atoms with van der Waals surface area (Å²) in [7, 11) is 0. The van der Waals surface area contributed by atoms with Crippen LogP contribution in [0.25, 0.3) is 0 Å². The number of carbonyl (C=O) groups is 2. The number of piperidine rings is 2. The van der Waals surface area contributed by atoms with E-state index in [4.69, 9.17) is 11.6 Å². The molecule has 0 radical (unpaired) electrons. The molecule has 9 heteroatoms. The minimum absolute atomic E-state index is 0.0981. The number of likely N-dealkylation sites (tertiary alicyclic amines) is 2. The molecule has 2 aliphatic heterocycles. The molecule has 2 aliphatic rings. The van der Waals surface area contributed by atoms with Crippen LogP contribution in [0.4, 0.5) is 5.69 Å². The Bertz CT molecular complexity index is 816. The third-order valence-electron chi connectivity index (χ3n) is 6.25. The maximum absolute atomic E-state index is 12.8. The third kappa shape index (κ3) is 5.95. The first-order chi connectivity index (χ1) is 14.8. The smallest absolute Gasteiger partial charge is 0.270 e. The molecule has 0 aliphatic carbocycles. The van der Waals surface area contributed by atoms with Gasteiger partial charge in [0, 0.05) is 43.7 Å². The van der Waals surface area contributed by atoms with Gasteiger partial charge in [0.2, 0.25) is 5.91 Å².